The van der Waals surface area contributed by atoms with Crippen LogP contribution in [-0.2, 0) is 4.79 Å². The highest BCUT2D eigenvalue weighted by atomic mass is 16.2. The van der Waals surface area contributed by atoms with Gasteiger partial charge in [-0.3, -0.25) is 4.79 Å². The van der Waals surface area contributed by atoms with E-state index in [9.17, 15) is 4.79 Å². The van der Waals surface area contributed by atoms with Gasteiger partial charge in [0.1, 0.15) is 0 Å². The summed E-state index contributed by atoms with van der Waals surface area (Å²) in [6.45, 7) is 5.91. The summed E-state index contributed by atoms with van der Waals surface area (Å²) >= 11 is 0. The molecular weight excluding hydrogens is 226 g/mol. The summed E-state index contributed by atoms with van der Waals surface area (Å²) in [5.41, 5.74) is -0.123. The molecule has 1 heterocycles. The number of nitrogens with one attached hydrogen (secondary N) is 1. The van der Waals surface area contributed by atoms with E-state index in [0.717, 1.165) is 51.9 Å². The monoisotopic (exact) mass is 255 g/mol. The van der Waals surface area contributed by atoms with Gasteiger partial charge < -0.3 is 15.1 Å². The van der Waals surface area contributed by atoms with Crippen LogP contribution in [0.1, 0.15) is 32.6 Å². The number of amides is 1. The number of nitrogens with zero attached hydrogens (tertiary/aromatic N) is 2. The Balaban J connectivity index is 2.49. The van der Waals surface area contributed by atoms with Crippen LogP contribution in [0, 0.1) is 5.41 Å². The number of carbonyl (C=O) groups is 1. The lowest BCUT2D eigenvalue weighted by Gasteiger charge is -2.32. The van der Waals surface area contributed by atoms with Gasteiger partial charge >= 0.3 is 0 Å². The highest BCUT2D eigenvalue weighted by molar-refractivity contribution is 5.83. The highest BCUT2D eigenvalue weighted by Gasteiger charge is 2.41. The first-order valence-corrected chi connectivity index (χ1v) is 7.13. The molecule has 1 atom stereocenters. The molecule has 1 unspecified atom stereocenters. The number of hydrogen-bond acceptors (Lipinski definition) is 3. The van der Waals surface area contributed by atoms with Crippen molar-refractivity contribution in [3.63, 3.8) is 0 Å². The highest BCUT2D eigenvalue weighted by Crippen LogP contribution is 2.33. The van der Waals surface area contributed by atoms with Crippen molar-refractivity contribution in [3.8, 4) is 0 Å². The summed E-state index contributed by atoms with van der Waals surface area (Å²) in [4.78, 5) is 16.7. The first-order valence-electron chi connectivity index (χ1n) is 7.13. The van der Waals surface area contributed by atoms with Crippen LogP contribution in [0.4, 0.5) is 0 Å². The summed E-state index contributed by atoms with van der Waals surface area (Å²) in [5.74, 6) is 0.341. The van der Waals surface area contributed by atoms with Crippen molar-refractivity contribution >= 4 is 5.91 Å². The smallest absolute Gasteiger partial charge is 0.229 e. The standard InChI is InChI=1S/C14H29N3O/c1-5-7-14(8-9-15-12-14)13(18)17(4)11-6-10-16(2)3/h15H,5-12H2,1-4H3. The zero-order valence-electron chi connectivity index (χ0n) is 12.5. The van der Waals surface area contributed by atoms with Crippen molar-refractivity contribution in [2.45, 2.75) is 32.6 Å². The second kappa shape index (κ2) is 7.10. The molecule has 4 nitrogen and oxygen atoms in total. The lowest BCUT2D eigenvalue weighted by atomic mass is 9.81. The van der Waals surface area contributed by atoms with Crippen molar-refractivity contribution in [3.05, 3.63) is 0 Å². The predicted octanol–water partition coefficient (Wildman–Crippen LogP) is 1.18. The average molecular weight is 255 g/mol. The van der Waals surface area contributed by atoms with E-state index in [1.165, 1.54) is 0 Å². The van der Waals surface area contributed by atoms with Gasteiger partial charge in [0.2, 0.25) is 5.91 Å². The molecular formula is C14H29N3O. The summed E-state index contributed by atoms with van der Waals surface area (Å²) in [7, 11) is 6.09. The Kier molecular flexibility index (Phi) is 6.09. The van der Waals surface area contributed by atoms with Crippen molar-refractivity contribution < 1.29 is 4.79 Å². The van der Waals surface area contributed by atoms with Gasteiger partial charge in [-0.2, -0.15) is 0 Å². The third kappa shape index (κ3) is 3.95. The normalized spacial score (nSPS) is 23.6. The van der Waals surface area contributed by atoms with E-state index >= 15 is 0 Å². The molecule has 0 radical (unpaired) electrons. The van der Waals surface area contributed by atoms with Crippen LogP contribution in [0.5, 0.6) is 0 Å². The van der Waals surface area contributed by atoms with Crippen LogP contribution >= 0.6 is 0 Å². The molecule has 0 aromatic heterocycles. The molecule has 106 valence electrons. The van der Waals surface area contributed by atoms with Gasteiger partial charge in [0.05, 0.1) is 5.41 Å². The van der Waals surface area contributed by atoms with E-state index in [1.807, 2.05) is 11.9 Å². The Labute approximate surface area is 112 Å². The SMILES string of the molecule is CCCC1(C(=O)N(C)CCCN(C)C)CCNC1. The van der Waals surface area contributed by atoms with E-state index in [2.05, 4.69) is 31.2 Å². The molecule has 1 saturated heterocycles. The second-order valence-electron chi connectivity index (χ2n) is 5.84. The lowest BCUT2D eigenvalue weighted by molar-refractivity contribution is -0.140. The van der Waals surface area contributed by atoms with Crippen LogP contribution in [0.3, 0.4) is 0 Å². The topological polar surface area (TPSA) is 35.6 Å². The van der Waals surface area contributed by atoms with Crippen LogP contribution < -0.4 is 5.32 Å². The molecule has 1 amide bonds. The maximum absolute atomic E-state index is 12.6. The predicted molar refractivity (Wildman–Crippen MR) is 75.6 cm³/mol. The van der Waals surface area contributed by atoms with Crippen LogP contribution in [0.2, 0.25) is 0 Å². The van der Waals surface area contributed by atoms with E-state index in [1.54, 1.807) is 0 Å². The molecule has 1 fully saturated rings. The number of rotatable bonds is 7. The third-order valence-electron chi connectivity index (χ3n) is 3.87. The molecule has 1 rings (SSSR count). The zero-order chi connectivity index (χ0) is 13.6. The lowest BCUT2D eigenvalue weighted by Crippen LogP contribution is -2.44. The van der Waals surface area contributed by atoms with Gasteiger partial charge in [-0.05, 0) is 46.4 Å². The molecule has 18 heavy (non-hydrogen) atoms. The van der Waals surface area contributed by atoms with Gasteiger partial charge in [-0.1, -0.05) is 13.3 Å². The van der Waals surface area contributed by atoms with Crippen LogP contribution in [-0.4, -0.2) is 63.0 Å². The second-order valence-corrected chi connectivity index (χ2v) is 5.84. The fourth-order valence-electron chi connectivity index (χ4n) is 2.86. The van der Waals surface area contributed by atoms with Crippen molar-refractivity contribution in [1.82, 2.24) is 15.1 Å². The minimum atomic E-state index is -0.123. The van der Waals surface area contributed by atoms with Crippen molar-refractivity contribution in [1.29, 1.82) is 0 Å². The van der Waals surface area contributed by atoms with Crippen molar-refractivity contribution in [2.75, 3.05) is 47.3 Å². The molecule has 4 heteroatoms. The Morgan fingerprint density at radius 3 is 2.50 bits per heavy atom. The fourth-order valence-corrected chi connectivity index (χ4v) is 2.86. The largest absolute Gasteiger partial charge is 0.345 e. The molecule has 0 aliphatic carbocycles. The molecule has 0 aromatic carbocycles. The Hall–Kier alpha value is -0.610. The van der Waals surface area contributed by atoms with Crippen molar-refractivity contribution in [2.24, 2.45) is 5.41 Å². The molecule has 0 aromatic rings. The maximum atomic E-state index is 12.6. The van der Waals surface area contributed by atoms with Gasteiger partial charge in [-0.15, -0.1) is 0 Å². The number of carbonyl (C=O) groups excluding carboxylic acids is 1. The maximum Gasteiger partial charge on any atom is 0.229 e. The van der Waals surface area contributed by atoms with Gasteiger partial charge in [0.25, 0.3) is 0 Å². The molecule has 1 aliphatic rings. The van der Waals surface area contributed by atoms with E-state index in [0.29, 0.717) is 5.91 Å². The molecule has 1 aliphatic heterocycles. The summed E-state index contributed by atoms with van der Waals surface area (Å²) < 4.78 is 0. The van der Waals surface area contributed by atoms with Gasteiger partial charge in [-0.25, -0.2) is 0 Å². The third-order valence-corrected chi connectivity index (χ3v) is 3.87. The average Bonchev–Trinajstić information content (AvgIpc) is 2.77. The van der Waals surface area contributed by atoms with Gasteiger partial charge in [0, 0.05) is 20.1 Å². The van der Waals surface area contributed by atoms with E-state index in [4.69, 9.17) is 0 Å². The Morgan fingerprint density at radius 1 is 1.28 bits per heavy atom. The first kappa shape index (κ1) is 15.4. The molecule has 0 spiro atoms. The summed E-state index contributed by atoms with van der Waals surface area (Å²) in [6, 6.07) is 0. The molecule has 0 saturated carbocycles. The zero-order valence-corrected chi connectivity index (χ0v) is 12.5. The van der Waals surface area contributed by atoms with E-state index < -0.39 is 0 Å². The number of hydrogen-bond donors (Lipinski definition) is 1. The first-order chi connectivity index (χ1) is 8.52. The van der Waals surface area contributed by atoms with Crippen LogP contribution in [0.25, 0.3) is 0 Å². The quantitative estimate of drug-likeness (QED) is 0.742. The summed E-state index contributed by atoms with van der Waals surface area (Å²) in [6.07, 6.45) is 4.14. The minimum absolute atomic E-state index is 0.123. The Bertz CT molecular complexity index is 260. The van der Waals surface area contributed by atoms with Crippen LogP contribution in [0.15, 0.2) is 0 Å². The minimum Gasteiger partial charge on any atom is -0.345 e. The fraction of sp³-hybridized carbons (Fsp3) is 0.929. The molecule has 0 bridgehead atoms. The van der Waals surface area contributed by atoms with E-state index in [-0.39, 0.29) is 5.41 Å². The molecule has 1 N–H and O–H groups in total. The van der Waals surface area contributed by atoms with Gasteiger partial charge in [0.15, 0.2) is 0 Å². The summed E-state index contributed by atoms with van der Waals surface area (Å²) in [5, 5.41) is 3.35. The Morgan fingerprint density at radius 2 is 2.00 bits per heavy atom.